The first-order valence-corrected chi connectivity index (χ1v) is 7.14. The molecule has 0 spiro atoms. The van der Waals surface area contributed by atoms with Gasteiger partial charge >= 0.3 is 0 Å². The van der Waals surface area contributed by atoms with Crippen molar-refractivity contribution in [3.05, 3.63) is 0 Å². The normalized spacial score (nSPS) is 20.2. The minimum Gasteiger partial charge on any atom is -0.342 e. The van der Waals surface area contributed by atoms with E-state index in [2.05, 4.69) is 12.2 Å². The van der Waals surface area contributed by atoms with Crippen LogP contribution in [0.4, 0.5) is 0 Å². The second-order valence-corrected chi connectivity index (χ2v) is 5.23. The maximum absolute atomic E-state index is 12.1. The van der Waals surface area contributed by atoms with Gasteiger partial charge in [0.2, 0.25) is 5.91 Å². The van der Waals surface area contributed by atoms with E-state index in [0.717, 1.165) is 19.0 Å². The lowest BCUT2D eigenvalue weighted by Gasteiger charge is -2.28. The van der Waals surface area contributed by atoms with Crippen molar-refractivity contribution < 1.29 is 4.79 Å². The van der Waals surface area contributed by atoms with E-state index in [-0.39, 0.29) is 11.9 Å². The lowest BCUT2D eigenvalue weighted by Crippen LogP contribution is -2.49. The summed E-state index contributed by atoms with van der Waals surface area (Å²) in [6, 6.07) is 0.414. The second-order valence-electron chi connectivity index (χ2n) is 5.23. The Balaban J connectivity index is 2.41. The highest BCUT2D eigenvalue weighted by atomic mass is 16.2. The molecule has 0 radical (unpaired) electrons. The third-order valence-corrected chi connectivity index (χ3v) is 4.07. The Labute approximate surface area is 106 Å². The molecule has 1 unspecified atom stereocenters. The quantitative estimate of drug-likeness (QED) is 0.773. The predicted molar refractivity (Wildman–Crippen MR) is 71.9 cm³/mol. The SMILES string of the molecule is CCN(CC)C(=O)C(C)N[C@H](C)C1CCCC1. The summed E-state index contributed by atoms with van der Waals surface area (Å²) in [6.45, 7) is 9.90. The van der Waals surface area contributed by atoms with E-state index in [1.54, 1.807) is 0 Å². The van der Waals surface area contributed by atoms with Crippen LogP contribution in [-0.4, -0.2) is 36.0 Å². The molecule has 1 fully saturated rings. The highest BCUT2D eigenvalue weighted by molar-refractivity contribution is 5.81. The first kappa shape index (κ1) is 14.5. The van der Waals surface area contributed by atoms with Gasteiger partial charge in [0, 0.05) is 19.1 Å². The van der Waals surface area contributed by atoms with Crippen LogP contribution in [0.1, 0.15) is 53.4 Å². The number of carbonyl (C=O) groups excluding carboxylic acids is 1. The van der Waals surface area contributed by atoms with Crippen LogP contribution >= 0.6 is 0 Å². The van der Waals surface area contributed by atoms with E-state index in [4.69, 9.17) is 0 Å². The fourth-order valence-corrected chi connectivity index (χ4v) is 2.87. The summed E-state index contributed by atoms with van der Waals surface area (Å²) in [5.41, 5.74) is 0. The van der Waals surface area contributed by atoms with E-state index >= 15 is 0 Å². The van der Waals surface area contributed by atoms with Crippen molar-refractivity contribution in [2.24, 2.45) is 5.92 Å². The highest BCUT2D eigenvalue weighted by Gasteiger charge is 2.25. The molecule has 1 N–H and O–H groups in total. The number of likely N-dealkylation sites (N-methyl/N-ethyl adjacent to an activating group) is 1. The summed E-state index contributed by atoms with van der Waals surface area (Å²) in [6.07, 6.45) is 5.35. The van der Waals surface area contributed by atoms with E-state index in [0.29, 0.717) is 6.04 Å². The number of rotatable bonds is 6. The van der Waals surface area contributed by atoms with Crippen LogP contribution in [0, 0.1) is 5.92 Å². The molecule has 0 aliphatic heterocycles. The Bertz CT molecular complexity index is 232. The lowest BCUT2D eigenvalue weighted by molar-refractivity contribution is -0.132. The number of nitrogens with one attached hydrogen (secondary N) is 1. The summed E-state index contributed by atoms with van der Waals surface area (Å²) in [7, 11) is 0. The molecular weight excluding hydrogens is 212 g/mol. The molecule has 1 rings (SSSR count). The number of amides is 1. The van der Waals surface area contributed by atoms with Crippen LogP contribution < -0.4 is 5.32 Å². The van der Waals surface area contributed by atoms with E-state index in [9.17, 15) is 4.79 Å². The summed E-state index contributed by atoms with van der Waals surface area (Å²) in [5.74, 6) is 1.00. The van der Waals surface area contributed by atoms with Gasteiger partial charge in [0.15, 0.2) is 0 Å². The highest BCUT2D eigenvalue weighted by Crippen LogP contribution is 2.27. The number of carbonyl (C=O) groups is 1. The fraction of sp³-hybridized carbons (Fsp3) is 0.929. The molecule has 0 aromatic carbocycles. The first-order chi connectivity index (χ1) is 8.10. The van der Waals surface area contributed by atoms with Crippen molar-refractivity contribution in [3.8, 4) is 0 Å². The van der Waals surface area contributed by atoms with Crippen LogP contribution in [0.25, 0.3) is 0 Å². The van der Waals surface area contributed by atoms with Gasteiger partial charge in [-0.1, -0.05) is 12.8 Å². The minimum absolute atomic E-state index is 0.0505. The zero-order valence-electron chi connectivity index (χ0n) is 11.8. The summed E-state index contributed by atoms with van der Waals surface area (Å²) >= 11 is 0. The van der Waals surface area contributed by atoms with Gasteiger partial charge in [-0.05, 0) is 46.5 Å². The Kier molecular flexibility index (Phi) is 5.96. The zero-order valence-corrected chi connectivity index (χ0v) is 11.8. The molecule has 1 aliphatic carbocycles. The minimum atomic E-state index is -0.0505. The summed E-state index contributed by atoms with van der Waals surface area (Å²) < 4.78 is 0. The van der Waals surface area contributed by atoms with Crippen LogP contribution in [0.5, 0.6) is 0 Å². The molecule has 0 aromatic rings. The molecule has 2 atom stereocenters. The largest absolute Gasteiger partial charge is 0.342 e. The maximum atomic E-state index is 12.1. The van der Waals surface area contributed by atoms with E-state index in [1.807, 2.05) is 25.7 Å². The Morgan fingerprint density at radius 2 is 1.76 bits per heavy atom. The zero-order chi connectivity index (χ0) is 12.8. The van der Waals surface area contributed by atoms with Crippen LogP contribution in [0.15, 0.2) is 0 Å². The molecular formula is C14H28N2O. The van der Waals surface area contributed by atoms with Crippen LogP contribution in [-0.2, 0) is 4.79 Å². The van der Waals surface area contributed by atoms with Gasteiger partial charge in [0.05, 0.1) is 6.04 Å². The van der Waals surface area contributed by atoms with Crippen molar-refractivity contribution in [3.63, 3.8) is 0 Å². The number of hydrogen-bond acceptors (Lipinski definition) is 2. The standard InChI is InChI=1S/C14H28N2O/c1-5-16(6-2)14(17)12(4)15-11(3)13-9-7-8-10-13/h11-13,15H,5-10H2,1-4H3/t11-,12?/m1/s1. The summed E-state index contributed by atoms with van der Waals surface area (Å²) in [5, 5.41) is 3.48. The van der Waals surface area contributed by atoms with Gasteiger partial charge in [-0.2, -0.15) is 0 Å². The predicted octanol–water partition coefficient (Wildman–Crippen LogP) is 2.41. The topological polar surface area (TPSA) is 32.3 Å². The van der Waals surface area contributed by atoms with Crippen LogP contribution in [0.2, 0.25) is 0 Å². The first-order valence-electron chi connectivity index (χ1n) is 7.14. The number of nitrogens with zero attached hydrogens (tertiary/aromatic N) is 1. The third kappa shape index (κ3) is 3.98. The molecule has 0 saturated heterocycles. The monoisotopic (exact) mass is 240 g/mol. The fourth-order valence-electron chi connectivity index (χ4n) is 2.87. The van der Waals surface area contributed by atoms with Gasteiger partial charge in [0.25, 0.3) is 0 Å². The van der Waals surface area contributed by atoms with Gasteiger partial charge < -0.3 is 10.2 Å². The van der Waals surface area contributed by atoms with Crippen molar-refractivity contribution in [1.29, 1.82) is 0 Å². The van der Waals surface area contributed by atoms with Gasteiger partial charge in [-0.3, -0.25) is 4.79 Å². The molecule has 3 nitrogen and oxygen atoms in total. The second kappa shape index (κ2) is 7.00. The molecule has 1 amide bonds. The molecule has 1 aliphatic rings. The molecule has 100 valence electrons. The molecule has 0 bridgehead atoms. The number of hydrogen-bond donors (Lipinski definition) is 1. The Hall–Kier alpha value is -0.570. The molecule has 1 saturated carbocycles. The average Bonchev–Trinajstić information content (AvgIpc) is 2.83. The Morgan fingerprint density at radius 3 is 2.24 bits per heavy atom. The van der Waals surface area contributed by atoms with Crippen molar-refractivity contribution in [2.45, 2.75) is 65.5 Å². The van der Waals surface area contributed by atoms with E-state index < -0.39 is 0 Å². The van der Waals surface area contributed by atoms with Crippen molar-refractivity contribution in [2.75, 3.05) is 13.1 Å². The molecule has 0 aromatic heterocycles. The van der Waals surface area contributed by atoms with Crippen LogP contribution in [0.3, 0.4) is 0 Å². The molecule has 0 heterocycles. The third-order valence-electron chi connectivity index (χ3n) is 4.07. The Morgan fingerprint density at radius 1 is 1.24 bits per heavy atom. The van der Waals surface area contributed by atoms with Gasteiger partial charge in [-0.25, -0.2) is 0 Å². The maximum Gasteiger partial charge on any atom is 0.239 e. The molecule has 17 heavy (non-hydrogen) atoms. The van der Waals surface area contributed by atoms with E-state index in [1.165, 1.54) is 25.7 Å². The van der Waals surface area contributed by atoms with Crippen molar-refractivity contribution >= 4 is 5.91 Å². The smallest absolute Gasteiger partial charge is 0.239 e. The average molecular weight is 240 g/mol. The molecule has 3 heteroatoms. The van der Waals surface area contributed by atoms with Gasteiger partial charge in [0.1, 0.15) is 0 Å². The van der Waals surface area contributed by atoms with Gasteiger partial charge in [-0.15, -0.1) is 0 Å². The van der Waals surface area contributed by atoms with Crippen molar-refractivity contribution in [1.82, 2.24) is 10.2 Å². The summed E-state index contributed by atoms with van der Waals surface area (Å²) in [4.78, 5) is 14.0. The lowest BCUT2D eigenvalue weighted by atomic mass is 9.99.